The number of rotatable bonds is 3. The van der Waals surface area contributed by atoms with E-state index in [1.165, 1.54) is 22.9 Å². The second-order valence-corrected chi connectivity index (χ2v) is 4.61. The van der Waals surface area contributed by atoms with Crippen LogP contribution < -0.4 is 0 Å². The Morgan fingerprint density at radius 2 is 2.22 bits per heavy atom. The van der Waals surface area contributed by atoms with Crippen molar-refractivity contribution in [2.75, 3.05) is 0 Å². The molecule has 18 heavy (non-hydrogen) atoms. The van der Waals surface area contributed by atoms with E-state index in [-0.39, 0.29) is 5.56 Å². The summed E-state index contributed by atoms with van der Waals surface area (Å²) in [5.41, 5.74) is -0.356. The van der Waals surface area contributed by atoms with Crippen molar-refractivity contribution >= 4 is 34.2 Å². The second-order valence-electron chi connectivity index (χ2n) is 3.37. The minimum Gasteiger partial charge on any atom is -0.477 e. The highest BCUT2D eigenvalue weighted by Gasteiger charge is 2.20. The Labute approximate surface area is 114 Å². The van der Waals surface area contributed by atoms with Gasteiger partial charge in [-0.1, -0.05) is 0 Å². The molecule has 2 rings (SSSR count). The lowest BCUT2D eigenvalue weighted by Gasteiger charge is -2.03. The van der Waals surface area contributed by atoms with Crippen molar-refractivity contribution in [3.63, 3.8) is 0 Å². The SMILES string of the molecule is O=C(O)c1ccc(-n2cc(I)cn2)cc1[N+](=O)[O-]. The summed E-state index contributed by atoms with van der Waals surface area (Å²) in [4.78, 5) is 21.0. The van der Waals surface area contributed by atoms with E-state index in [2.05, 4.69) is 27.7 Å². The molecule has 2 aromatic rings. The third-order valence-electron chi connectivity index (χ3n) is 2.22. The van der Waals surface area contributed by atoms with Crippen molar-refractivity contribution in [3.8, 4) is 5.69 Å². The van der Waals surface area contributed by atoms with E-state index in [1.807, 2.05) is 0 Å². The quantitative estimate of drug-likeness (QED) is 0.514. The van der Waals surface area contributed by atoms with Gasteiger partial charge in [0, 0.05) is 12.3 Å². The first-order valence-corrected chi connectivity index (χ1v) is 5.79. The lowest BCUT2D eigenvalue weighted by atomic mass is 10.1. The summed E-state index contributed by atoms with van der Waals surface area (Å²) < 4.78 is 2.32. The number of hydrogen-bond acceptors (Lipinski definition) is 4. The number of carbonyl (C=O) groups is 1. The van der Waals surface area contributed by atoms with Crippen molar-refractivity contribution in [2.24, 2.45) is 0 Å². The Bertz CT molecular complexity index is 638. The fourth-order valence-electron chi connectivity index (χ4n) is 1.44. The summed E-state index contributed by atoms with van der Waals surface area (Å²) in [6.45, 7) is 0. The van der Waals surface area contributed by atoms with E-state index in [0.717, 1.165) is 3.57 Å². The smallest absolute Gasteiger partial charge is 0.342 e. The molecule has 0 unspecified atom stereocenters. The zero-order valence-electron chi connectivity index (χ0n) is 8.78. The largest absolute Gasteiger partial charge is 0.477 e. The number of aromatic carboxylic acids is 1. The molecular formula is C10H6IN3O4. The highest BCUT2D eigenvalue weighted by Crippen LogP contribution is 2.22. The molecule has 0 aliphatic heterocycles. The third-order valence-corrected chi connectivity index (χ3v) is 2.78. The molecule has 8 heteroatoms. The maximum absolute atomic E-state index is 10.9. The standard InChI is InChI=1S/C10H6IN3O4/c11-6-4-12-13(5-6)7-1-2-8(10(15)16)9(3-7)14(17)18/h1-5H,(H,15,16). The number of aromatic nitrogens is 2. The number of benzene rings is 1. The lowest BCUT2D eigenvalue weighted by Crippen LogP contribution is -2.04. The number of nitro groups is 1. The summed E-state index contributed by atoms with van der Waals surface area (Å²) >= 11 is 2.06. The summed E-state index contributed by atoms with van der Waals surface area (Å²) in [5, 5.41) is 23.7. The van der Waals surface area contributed by atoms with Gasteiger partial charge in [0.25, 0.3) is 5.69 Å². The molecule has 0 radical (unpaired) electrons. The molecule has 0 bridgehead atoms. The number of nitro benzene ring substituents is 1. The fraction of sp³-hybridized carbons (Fsp3) is 0. The Morgan fingerprint density at radius 3 is 2.72 bits per heavy atom. The van der Waals surface area contributed by atoms with Crippen LogP contribution in [0.4, 0.5) is 5.69 Å². The van der Waals surface area contributed by atoms with Gasteiger partial charge >= 0.3 is 5.97 Å². The van der Waals surface area contributed by atoms with Gasteiger partial charge in [0.1, 0.15) is 5.56 Å². The van der Waals surface area contributed by atoms with Crippen molar-refractivity contribution in [3.05, 3.63) is 49.8 Å². The number of carboxylic acids is 1. The average Bonchev–Trinajstić information content (AvgIpc) is 2.75. The molecule has 0 amide bonds. The van der Waals surface area contributed by atoms with Crippen LogP contribution >= 0.6 is 22.6 Å². The summed E-state index contributed by atoms with van der Waals surface area (Å²) in [6, 6.07) is 3.86. The van der Waals surface area contributed by atoms with Crippen LogP contribution in [0.2, 0.25) is 0 Å². The molecule has 1 heterocycles. The maximum atomic E-state index is 10.9. The van der Waals surface area contributed by atoms with Crippen LogP contribution in [0.1, 0.15) is 10.4 Å². The molecule has 0 fully saturated rings. The highest BCUT2D eigenvalue weighted by molar-refractivity contribution is 14.1. The number of halogens is 1. The summed E-state index contributed by atoms with van der Waals surface area (Å²) in [7, 11) is 0. The monoisotopic (exact) mass is 359 g/mol. The molecule has 92 valence electrons. The van der Waals surface area contributed by atoms with Gasteiger partial charge in [-0.15, -0.1) is 0 Å². The van der Waals surface area contributed by atoms with E-state index < -0.39 is 16.6 Å². The van der Waals surface area contributed by atoms with Gasteiger partial charge in [-0.05, 0) is 34.7 Å². The van der Waals surface area contributed by atoms with Crippen LogP contribution in [0.3, 0.4) is 0 Å². The predicted molar refractivity (Wildman–Crippen MR) is 69.9 cm³/mol. The van der Waals surface area contributed by atoms with E-state index >= 15 is 0 Å². The molecule has 0 atom stereocenters. The molecule has 1 aromatic carbocycles. The average molecular weight is 359 g/mol. The minimum atomic E-state index is -1.33. The second kappa shape index (κ2) is 4.72. The van der Waals surface area contributed by atoms with E-state index in [9.17, 15) is 14.9 Å². The first kappa shape index (κ1) is 12.5. The number of carboxylic acid groups (broad SMARTS) is 1. The molecule has 0 spiro atoms. The fourth-order valence-corrected chi connectivity index (χ4v) is 1.82. The summed E-state index contributed by atoms with van der Waals surface area (Å²) in [5.74, 6) is -1.33. The van der Waals surface area contributed by atoms with Gasteiger partial charge in [0.05, 0.1) is 20.4 Å². The van der Waals surface area contributed by atoms with Crippen LogP contribution in [-0.2, 0) is 0 Å². The molecule has 0 saturated carbocycles. The van der Waals surface area contributed by atoms with Crippen LogP contribution in [-0.4, -0.2) is 25.8 Å². The topological polar surface area (TPSA) is 98.3 Å². The van der Waals surface area contributed by atoms with Crippen LogP contribution in [0.25, 0.3) is 5.69 Å². The first-order valence-electron chi connectivity index (χ1n) is 4.71. The molecule has 0 saturated heterocycles. The first-order chi connectivity index (χ1) is 8.49. The van der Waals surface area contributed by atoms with Gasteiger partial charge < -0.3 is 5.11 Å². The Morgan fingerprint density at radius 1 is 1.50 bits per heavy atom. The molecule has 1 N–H and O–H groups in total. The zero-order valence-corrected chi connectivity index (χ0v) is 10.9. The molecule has 1 aromatic heterocycles. The van der Waals surface area contributed by atoms with E-state index in [0.29, 0.717) is 5.69 Å². The van der Waals surface area contributed by atoms with E-state index in [1.54, 1.807) is 12.4 Å². The van der Waals surface area contributed by atoms with Gasteiger partial charge in [0.2, 0.25) is 0 Å². The summed E-state index contributed by atoms with van der Waals surface area (Å²) in [6.07, 6.45) is 3.28. The van der Waals surface area contributed by atoms with Gasteiger partial charge in [0.15, 0.2) is 0 Å². The number of nitrogens with zero attached hydrogens (tertiary/aromatic N) is 3. The molecular weight excluding hydrogens is 353 g/mol. The van der Waals surface area contributed by atoms with Gasteiger partial charge in [-0.25, -0.2) is 9.48 Å². The molecule has 0 aliphatic carbocycles. The van der Waals surface area contributed by atoms with Crippen molar-refractivity contribution < 1.29 is 14.8 Å². The van der Waals surface area contributed by atoms with E-state index in [4.69, 9.17) is 5.11 Å². The Balaban J connectivity index is 2.56. The zero-order chi connectivity index (χ0) is 13.3. The van der Waals surface area contributed by atoms with Gasteiger partial charge in [-0.3, -0.25) is 10.1 Å². The van der Waals surface area contributed by atoms with Crippen LogP contribution in [0.5, 0.6) is 0 Å². The van der Waals surface area contributed by atoms with Crippen LogP contribution in [0.15, 0.2) is 30.6 Å². The lowest BCUT2D eigenvalue weighted by molar-refractivity contribution is -0.385. The highest BCUT2D eigenvalue weighted by atomic mass is 127. The molecule has 7 nitrogen and oxygen atoms in total. The van der Waals surface area contributed by atoms with Crippen molar-refractivity contribution in [1.82, 2.24) is 9.78 Å². The Kier molecular flexibility index (Phi) is 3.28. The number of hydrogen-bond donors (Lipinski definition) is 1. The van der Waals surface area contributed by atoms with Crippen LogP contribution in [0, 0.1) is 13.7 Å². The third kappa shape index (κ3) is 2.32. The maximum Gasteiger partial charge on any atom is 0.342 e. The van der Waals surface area contributed by atoms with Crippen molar-refractivity contribution in [1.29, 1.82) is 0 Å². The predicted octanol–water partition coefficient (Wildman–Crippen LogP) is 2.08. The molecule has 0 aliphatic rings. The Hall–Kier alpha value is -1.97. The minimum absolute atomic E-state index is 0.342. The van der Waals surface area contributed by atoms with Crippen molar-refractivity contribution in [2.45, 2.75) is 0 Å². The van der Waals surface area contributed by atoms with Gasteiger partial charge in [-0.2, -0.15) is 5.10 Å². The normalized spacial score (nSPS) is 10.3.